The van der Waals surface area contributed by atoms with Crippen LogP contribution in [0.15, 0.2) is 23.1 Å². The highest BCUT2D eigenvalue weighted by Crippen LogP contribution is 2.28. The van der Waals surface area contributed by atoms with E-state index in [9.17, 15) is 12.8 Å². The molecule has 1 atom stereocenters. The van der Waals surface area contributed by atoms with E-state index in [1.54, 1.807) is 7.05 Å². The molecule has 6 heteroatoms. The second-order valence-electron chi connectivity index (χ2n) is 4.89. The minimum atomic E-state index is -3.61. The van der Waals surface area contributed by atoms with Crippen molar-refractivity contribution in [2.75, 3.05) is 13.6 Å². The van der Waals surface area contributed by atoms with Gasteiger partial charge in [-0.3, -0.25) is 0 Å². The summed E-state index contributed by atoms with van der Waals surface area (Å²) >= 11 is 0. The van der Waals surface area contributed by atoms with Gasteiger partial charge in [-0.25, -0.2) is 12.8 Å². The Hall–Kier alpha value is -0.980. The number of rotatable bonds is 4. The maximum atomic E-state index is 13.4. The molecule has 4 nitrogen and oxygen atoms in total. The molecule has 1 saturated heterocycles. The number of hydrogen-bond donors (Lipinski definition) is 1. The Bertz CT molecular complexity index is 560. The van der Waals surface area contributed by atoms with E-state index in [2.05, 4.69) is 5.32 Å². The van der Waals surface area contributed by atoms with E-state index in [4.69, 9.17) is 0 Å². The quantitative estimate of drug-likeness (QED) is 0.917. The van der Waals surface area contributed by atoms with Crippen LogP contribution in [0.25, 0.3) is 0 Å². The van der Waals surface area contributed by atoms with Crippen LogP contribution < -0.4 is 5.32 Å². The topological polar surface area (TPSA) is 49.4 Å². The van der Waals surface area contributed by atoms with Crippen molar-refractivity contribution in [2.24, 2.45) is 0 Å². The van der Waals surface area contributed by atoms with Gasteiger partial charge < -0.3 is 5.32 Å². The Morgan fingerprint density at radius 2 is 2.21 bits per heavy atom. The van der Waals surface area contributed by atoms with Crippen LogP contribution >= 0.6 is 0 Å². The number of nitrogens with one attached hydrogen (secondary N) is 1. The average Bonchev–Trinajstić information content (AvgIpc) is 2.78. The molecular weight excluding hydrogens is 267 g/mol. The van der Waals surface area contributed by atoms with Crippen LogP contribution in [0.3, 0.4) is 0 Å². The molecule has 19 heavy (non-hydrogen) atoms. The van der Waals surface area contributed by atoms with Gasteiger partial charge in [0.05, 0.1) is 4.90 Å². The molecule has 106 valence electrons. The monoisotopic (exact) mass is 286 g/mol. The van der Waals surface area contributed by atoms with Crippen molar-refractivity contribution < 1.29 is 12.8 Å². The molecule has 1 fully saturated rings. The van der Waals surface area contributed by atoms with Gasteiger partial charge >= 0.3 is 0 Å². The van der Waals surface area contributed by atoms with Crippen LogP contribution in [0, 0.1) is 5.82 Å². The predicted octanol–water partition coefficient (Wildman–Crippen LogP) is 1.72. The molecular formula is C13H19FN2O2S. The highest BCUT2D eigenvalue weighted by atomic mass is 32.2. The highest BCUT2D eigenvalue weighted by molar-refractivity contribution is 7.89. The lowest BCUT2D eigenvalue weighted by Gasteiger charge is -2.22. The lowest BCUT2D eigenvalue weighted by molar-refractivity contribution is 0.407. The molecule has 1 N–H and O–H groups in total. The van der Waals surface area contributed by atoms with Crippen molar-refractivity contribution in [3.8, 4) is 0 Å². The summed E-state index contributed by atoms with van der Waals surface area (Å²) < 4.78 is 40.1. The first-order chi connectivity index (χ1) is 8.96. The molecule has 1 aromatic carbocycles. The van der Waals surface area contributed by atoms with Gasteiger partial charge in [0.25, 0.3) is 0 Å². The van der Waals surface area contributed by atoms with Crippen molar-refractivity contribution in [1.82, 2.24) is 9.62 Å². The van der Waals surface area contributed by atoms with E-state index in [1.807, 2.05) is 6.92 Å². The summed E-state index contributed by atoms with van der Waals surface area (Å²) in [5.41, 5.74) is 0.600. The predicted molar refractivity (Wildman–Crippen MR) is 71.8 cm³/mol. The Labute approximate surface area is 113 Å². The fourth-order valence-corrected chi connectivity index (χ4v) is 4.43. The zero-order valence-electron chi connectivity index (χ0n) is 11.2. The lowest BCUT2D eigenvalue weighted by atomic mass is 10.2. The van der Waals surface area contributed by atoms with Crippen LogP contribution in [-0.4, -0.2) is 32.4 Å². The van der Waals surface area contributed by atoms with Crippen molar-refractivity contribution >= 4 is 10.0 Å². The van der Waals surface area contributed by atoms with Crippen molar-refractivity contribution in [1.29, 1.82) is 0 Å². The first-order valence-corrected chi connectivity index (χ1v) is 7.85. The van der Waals surface area contributed by atoms with Crippen LogP contribution in [-0.2, 0) is 16.6 Å². The number of benzene rings is 1. The summed E-state index contributed by atoms with van der Waals surface area (Å²) in [6.07, 6.45) is 1.72. The third-order valence-corrected chi connectivity index (χ3v) is 5.57. The number of sulfonamides is 1. The van der Waals surface area contributed by atoms with Gasteiger partial charge in [-0.1, -0.05) is 6.07 Å². The second-order valence-corrected chi connectivity index (χ2v) is 6.75. The smallest absolute Gasteiger partial charge is 0.243 e. The average molecular weight is 286 g/mol. The maximum Gasteiger partial charge on any atom is 0.243 e. The Morgan fingerprint density at radius 3 is 2.79 bits per heavy atom. The zero-order valence-corrected chi connectivity index (χ0v) is 12.0. The largest absolute Gasteiger partial charge is 0.316 e. The maximum absolute atomic E-state index is 13.4. The van der Waals surface area contributed by atoms with E-state index in [-0.39, 0.29) is 10.9 Å². The normalized spacial score (nSPS) is 20.9. The van der Waals surface area contributed by atoms with Gasteiger partial charge in [0.2, 0.25) is 10.0 Å². The van der Waals surface area contributed by atoms with E-state index in [0.717, 1.165) is 18.9 Å². The molecule has 0 radical (unpaired) electrons. The molecule has 0 bridgehead atoms. The van der Waals surface area contributed by atoms with Gasteiger partial charge in [-0.05, 0) is 44.5 Å². The molecule has 1 heterocycles. The molecule has 0 amide bonds. The van der Waals surface area contributed by atoms with Crippen molar-refractivity contribution in [3.63, 3.8) is 0 Å². The van der Waals surface area contributed by atoms with Crippen LogP contribution in [0.2, 0.25) is 0 Å². The van der Waals surface area contributed by atoms with Gasteiger partial charge in [0.1, 0.15) is 5.82 Å². The molecule has 0 aliphatic carbocycles. The Kier molecular flexibility index (Phi) is 4.23. The van der Waals surface area contributed by atoms with E-state index < -0.39 is 15.8 Å². The summed E-state index contributed by atoms with van der Waals surface area (Å²) in [5.74, 6) is -0.523. The van der Waals surface area contributed by atoms with E-state index >= 15 is 0 Å². The molecule has 1 aromatic rings. The number of halogens is 1. The van der Waals surface area contributed by atoms with Crippen LogP contribution in [0.1, 0.15) is 25.3 Å². The minimum Gasteiger partial charge on any atom is -0.316 e. The Balaban J connectivity index is 2.47. The van der Waals surface area contributed by atoms with E-state index in [0.29, 0.717) is 18.7 Å². The SMILES string of the molecule is CNCc1ccc(F)cc1S(=O)(=O)N1CCCC1C. The number of hydrogen-bond acceptors (Lipinski definition) is 3. The van der Waals surface area contributed by atoms with Gasteiger partial charge in [-0.15, -0.1) is 0 Å². The summed E-state index contributed by atoms with van der Waals surface area (Å²) in [6, 6.07) is 3.92. The molecule has 1 aliphatic rings. The van der Waals surface area contributed by atoms with Crippen molar-refractivity contribution in [2.45, 2.75) is 37.2 Å². The minimum absolute atomic E-state index is 0.0179. The molecule has 0 spiro atoms. The standard InChI is InChI=1S/C13H19FN2O2S/c1-10-4-3-7-16(10)19(17,18)13-8-12(14)6-5-11(13)9-15-2/h5-6,8,10,15H,3-4,7,9H2,1-2H3. The summed E-state index contributed by atoms with van der Waals surface area (Å²) in [7, 11) is -1.88. The molecule has 0 aromatic heterocycles. The van der Waals surface area contributed by atoms with Crippen LogP contribution in [0.4, 0.5) is 4.39 Å². The summed E-state index contributed by atoms with van der Waals surface area (Å²) in [6.45, 7) is 2.80. The van der Waals surface area contributed by atoms with E-state index in [1.165, 1.54) is 16.4 Å². The first-order valence-electron chi connectivity index (χ1n) is 6.41. The van der Waals surface area contributed by atoms with Gasteiger partial charge in [0.15, 0.2) is 0 Å². The summed E-state index contributed by atoms with van der Waals surface area (Å²) in [4.78, 5) is 0.0793. The molecule has 0 saturated carbocycles. The fraction of sp³-hybridized carbons (Fsp3) is 0.538. The molecule has 1 unspecified atom stereocenters. The van der Waals surface area contributed by atoms with Crippen LogP contribution in [0.5, 0.6) is 0 Å². The second kappa shape index (κ2) is 5.56. The zero-order chi connectivity index (χ0) is 14.0. The molecule has 2 rings (SSSR count). The highest BCUT2D eigenvalue weighted by Gasteiger charge is 2.34. The first kappa shape index (κ1) is 14.4. The fourth-order valence-electron chi connectivity index (χ4n) is 2.50. The summed E-state index contributed by atoms with van der Waals surface area (Å²) in [5, 5.41) is 2.91. The third kappa shape index (κ3) is 2.80. The lowest BCUT2D eigenvalue weighted by Crippen LogP contribution is -2.34. The number of nitrogens with zero attached hydrogens (tertiary/aromatic N) is 1. The van der Waals surface area contributed by atoms with Crippen molar-refractivity contribution in [3.05, 3.63) is 29.6 Å². The Morgan fingerprint density at radius 1 is 1.47 bits per heavy atom. The third-order valence-electron chi connectivity index (χ3n) is 3.48. The van der Waals surface area contributed by atoms with Gasteiger partial charge in [0, 0.05) is 19.1 Å². The molecule has 1 aliphatic heterocycles. The van der Waals surface area contributed by atoms with Gasteiger partial charge in [-0.2, -0.15) is 4.31 Å².